The minimum atomic E-state index is -0.343. The number of nitrogens with one attached hydrogen (secondary N) is 2. The molecule has 0 aliphatic carbocycles. The highest BCUT2D eigenvalue weighted by Gasteiger charge is 2.22. The fraction of sp³-hybridized carbons (Fsp3) is 0.619. The van der Waals surface area contributed by atoms with Gasteiger partial charge >= 0.3 is 0 Å². The third-order valence-corrected chi connectivity index (χ3v) is 4.74. The first-order valence-electron chi connectivity index (χ1n) is 10.1. The molecule has 1 atom stereocenters. The van der Waals surface area contributed by atoms with Crippen LogP contribution in [0.1, 0.15) is 38.3 Å². The molecular formula is C21H32FN5O. The number of nitriles is 1. The van der Waals surface area contributed by atoms with Crippen molar-refractivity contribution in [1.82, 2.24) is 15.5 Å². The lowest BCUT2D eigenvalue weighted by atomic mass is 10.0. The van der Waals surface area contributed by atoms with E-state index in [2.05, 4.69) is 34.4 Å². The lowest BCUT2D eigenvalue weighted by molar-refractivity contribution is 0.0132. The van der Waals surface area contributed by atoms with Gasteiger partial charge in [-0.3, -0.25) is 4.90 Å². The molecule has 0 bridgehead atoms. The average Bonchev–Trinajstić information content (AvgIpc) is 2.70. The minimum absolute atomic E-state index is 0.184. The van der Waals surface area contributed by atoms with Gasteiger partial charge in [0.15, 0.2) is 5.96 Å². The third-order valence-electron chi connectivity index (χ3n) is 4.74. The molecule has 1 aromatic carbocycles. The van der Waals surface area contributed by atoms with Crippen molar-refractivity contribution in [3.05, 3.63) is 35.1 Å². The van der Waals surface area contributed by atoms with Gasteiger partial charge in [0.2, 0.25) is 0 Å². The zero-order valence-corrected chi connectivity index (χ0v) is 17.2. The lowest BCUT2D eigenvalue weighted by Gasteiger charge is -2.35. The lowest BCUT2D eigenvalue weighted by Crippen LogP contribution is -2.51. The number of rotatable bonds is 8. The SMILES string of the molecule is CCNC(=NCc1cc(C#N)ccc1F)NCC(CC(C)C)N1CCOCC1. The quantitative estimate of drug-likeness (QED) is 0.528. The van der Waals surface area contributed by atoms with Crippen LogP contribution in [0.3, 0.4) is 0 Å². The summed E-state index contributed by atoms with van der Waals surface area (Å²) in [6, 6.07) is 6.79. The van der Waals surface area contributed by atoms with Crippen molar-refractivity contribution in [3.8, 4) is 6.07 Å². The van der Waals surface area contributed by atoms with Crippen LogP contribution in [0, 0.1) is 23.1 Å². The Labute approximate surface area is 167 Å². The summed E-state index contributed by atoms with van der Waals surface area (Å²) in [7, 11) is 0. The Balaban J connectivity index is 2.03. The van der Waals surface area contributed by atoms with Crippen LogP contribution in [0.2, 0.25) is 0 Å². The molecule has 0 aromatic heterocycles. The summed E-state index contributed by atoms with van der Waals surface area (Å²) < 4.78 is 19.5. The Kier molecular flexibility index (Phi) is 9.18. The smallest absolute Gasteiger partial charge is 0.191 e. The number of benzene rings is 1. The average molecular weight is 390 g/mol. The summed E-state index contributed by atoms with van der Waals surface area (Å²) >= 11 is 0. The molecule has 1 fully saturated rings. The van der Waals surface area contributed by atoms with Gasteiger partial charge in [-0.25, -0.2) is 9.38 Å². The van der Waals surface area contributed by atoms with E-state index < -0.39 is 0 Å². The van der Waals surface area contributed by atoms with Crippen LogP contribution >= 0.6 is 0 Å². The Morgan fingerprint density at radius 1 is 1.32 bits per heavy atom. The van der Waals surface area contributed by atoms with Crippen molar-refractivity contribution >= 4 is 5.96 Å². The number of nitrogens with zero attached hydrogens (tertiary/aromatic N) is 3. The molecule has 1 unspecified atom stereocenters. The summed E-state index contributed by atoms with van der Waals surface area (Å²) in [5.74, 6) is 0.910. The number of hydrogen-bond donors (Lipinski definition) is 2. The van der Waals surface area contributed by atoms with Crippen molar-refractivity contribution in [2.45, 2.75) is 39.8 Å². The molecule has 6 nitrogen and oxygen atoms in total. The second kappa shape index (κ2) is 11.6. The fourth-order valence-corrected chi connectivity index (χ4v) is 3.33. The normalized spacial score (nSPS) is 16.6. The Bertz CT molecular complexity index is 680. The van der Waals surface area contributed by atoms with Gasteiger partial charge in [-0.15, -0.1) is 0 Å². The molecule has 154 valence electrons. The van der Waals surface area contributed by atoms with E-state index in [1.54, 1.807) is 6.07 Å². The molecule has 7 heteroatoms. The van der Waals surface area contributed by atoms with E-state index in [-0.39, 0.29) is 12.4 Å². The van der Waals surface area contributed by atoms with E-state index in [0.717, 1.165) is 45.8 Å². The zero-order valence-electron chi connectivity index (χ0n) is 17.2. The molecule has 1 heterocycles. The van der Waals surface area contributed by atoms with Crippen LogP contribution in [0.15, 0.2) is 23.2 Å². The van der Waals surface area contributed by atoms with Crippen molar-refractivity contribution in [3.63, 3.8) is 0 Å². The van der Waals surface area contributed by atoms with Gasteiger partial charge in [-0.1, -0.05) is 13.8 Å². The van der Waals surface area contributed by atoms with E-state index in [0.29, 0.717) is 29.0 Å². The minimum Gasteiger partial charge on any atom is -0.379 e. The molecule has 0 saturated carbocycles. The summed E-state index contributed by atoms with van der Waals surface area (Å²) in [6.45, 7) is 11.6. The van der Waals surface area contributed by atoms with Crippen molar-refractivity contribution in [2.75, 3.05) is 39.4 Å². The van der Waals surface area contributed by atoms with E-state index >= 15 is 0 Å². The largest absolute Gasteiger partial charge is 0.379 e. The maximum absolute atomic E-state index is 14.0. The molecule has 1 aliphatic rings. The molecule has 0 amide bonds. The van der Waals surface area contributed by atoms with Crippen LogP contribution in [0.25, 0.3) is 0 Å². The van der Waals surface area contributed by atoms with Crippen LogP contribution in [0.5, 0.6) is 0 Å². The molecule has 0 radical (unpaired) electrons. The van der Waals surface area contributed by atoms with Gasteiger partial charge in [-0.05, 0) is 37.5 Å². The summed E-state index contributed by atoms with van der Waals surface area (Å²) in [4.78, 5) is 6.99. The summed E-state index contributed by atoms with van der Waals surface area (Å²) in [5.41, 5.74) is 0.858. The first kappa shape index (κ1) is 22.1. The van der Waals surface area contributed by atoms with Gasteiger partial charge in [-0.2, -0.15) is 5.26 Å². The second-order valence-corrected chi connectivity index (χ2v) is 7.43. The van der Waals surface area contributed by atoms with Crippen LogP contribution in [-0.2, 0) is 11.3 Å². The van der Waals surface area contributed by atoms with Crippen molar-refractivity contribution in [1.29, 1.82) is 5.26 Å². The number of halogens is 1. The number of morpholine rings is 1. The van der Waals surface area contributed by atoms with Crippen LogP contribution in [0.4, 0.5) is 4.39 Å². The first-order valence-corrected chi connectivity index (χ1v) is 10.1. The van der Waals surface area contributed by atoms with Crippen LogP contribution in [-0.4, -0.2) is 56.3 Å². The van der Waals surface area contributed by atoms with Crippen LogP contribution < -0.4 is 10.6 Å². The topological polar surface area (TPSA) is 72.7 Å². The maximum Gasteiger partial charge on any atom is 0.191 e. The molecule has 1 saturated heterocycles. The molecule has 0 spiro atoms. The Hall–Kier alpha value is -2.17. The second-order valence-electron chi connectivity index (χ2n) is 7.43. The van der Waals surface area contributed by atoms with Crippen molar-refractivity contribution in [2.24, 2.45) is 10.9 Å². The predicted octanol–water partition coefficient (Wildman–Crippen LogP) is 2.50. The highest BCUT2D eigenvalue weighted by atomic mass is 19.1. The van der Waals surface area contributed by atoms with E-state index in [4.69, 9.17) is 10.00 Å². The van der Waals surface area contributed by atoms with Gasteiger partial charge in [0, 0.05) is 37.8 Å². The van der Waals surface area contributed by atoms with Gasteiger partial charge in [0.1, 0.15) is 5.82 Å². The monoisotopic (exact) mass is 389 g/mol. The van der Waals surface area contributed by atoms with Gasteiger partial charge in [0.25, 0.3) is 0 Å². The van der Waals surface area contributed by atoms with Gasteiger partial charge < -0.3 is 15.4 Å². The maximum atomic E-state index is 14.0. The van der Waals surface area contributed by atoms with E-state index in [1.165, 1.54) is 12.1 Å². The molecule has 2 N–H and O–H groups in total. The van der Waals surface area contributed by atoms with Crippen molar-refractivity contribution < 1.29 is 9.13 Å². The third kappa shape index (κ3) is 7.10. The predicted molar refractivity (Wildman–Crippen MR) is 110 cm³/mol. The number of aliphatic imine (C=N–C) groups is 1. The number of hydrogen-bond acceptors (Lipinski definition) is 4. The highest BCUT2D eigenvalue weighted by molar-refractivity contribution is 5.79. The molecule has 1 aromatic rings. The molecular weight excluding hydrogens is 357 g/mol. The molecule has 1 aliphatic heterocycles. The van der Waals surface area contributed by atoms with E-state index in [1.807, 2.05) is 13.0 Å². The first-order chi connectivity index (χ1) is 13.5. The van der Waals surface area contributed by atoms with E-state index in [9.17, 15) is 4.39 Å². The zero-order chi connectivity index (χ0) is 20.4. The fourth-order valence-electron chi connectivity index (χ4n) is 3.33. The standard InChI is InChI=1S/C21H32FN5O/c1-4-24-21(25-14-18-12-17(13-23)5-6-20(18)22)26-15-19(11-16(2)3)27-7-9-28-10-8-27/h5-6,12,16,19H,4,7-11,14-15H2,1-3H3,(H2,24,25,26). The van der Waals surface area contributed by atoms with Gasteiger partial charge in [0.05, 0.1) is 31.4 Å². The molecule has 28 heavy (non-hydrogen) atoms. The highest BCUT2D eigenvalue weighted by Crippen LogP contribution is 2.13. The number of guanidine groups is 1. The number of ether oxygens (including phenoxy) is 1. The summed E-state index contributed by atoms with van der Waals surface area (Å²) in [6.07, 6.45) is 1.09. The summed E-state index contributed by atoms with van der Waals surface area (Å²) in [5, 5.41) is 15.6. The Morgan fingerprint density at radius 2 is 2.07 bits per heavy atom. The Morgan fingerprint density at radius 3 is 2.71 bits per heavy atom. The molecule has 2 rings (SSSR count).